The van der Waals surface area contributed by atoms with E-state index >= 15 is 0 Å². The number of allylic oxidation sites excluding steroid dienone is 2. The van der Waals surface area contributed by atoms with E-state index in [1.807, 2.05) is 0 Å². The van der Waals surface area contributed by atoms with Crippen molar-refractivity contribution < 1.29 is 5.32 Å². The first-order valence-corrected chi connectivity index (χ1v) is 5.62. The third kappa shape index (κ3) is 2.70. The summed E-state index contributed by atoms with van der Waals surface area (Å²) < 4.78 is 0. The first-order chi connectivity index (χ1) is 6.45. The maximum Gasteiger partial charge on any atom is 0.105 e. The second-order valence-electron chi connectivity index (χ2n) is 4.26. The van der Waals surface area contributed by atoms with E-state index in [2.05, 4.69) is 29.6 Å². The molecular weight excluding hydrogens is 158 g/mol. The van der Waals surface area contributed by atoms with Gasteiger partial charge in [0.25, 0.3) is 0 Å². The van der Waals surface area contributed by atoms with Gasteiger partial charge in [-0.1, -0.05) is 18.2 Å². The molecule has 2 N–H and O–H groups in total. The second-order valence-corrected chi connectivity index (χ2v) is 4.26. The number of hydrogen-bond acceptors (Lipinski definition) is 0. The van der Waals surface area contributed by atoms with Crippen molar-refractivity contribution in [1.82, 2.24) is 0 Å². The van der Waals surface area contributed by atoms with Crippen molar-refractivity contribution in [2.24, 2.45) is 0 Å². The summed E-state index contributed by atoms with van der Waals surface area (Å²) >= 11 is 0. The Hall–Kier alpha value is -0.560. The van der Waals surface area contributed by atoms with Gasteiger partial charge in [0.05, 0.1) is 6.04 Å². The van der Waals surface area contributed by atoms with Gasteiger partial charge in [-0.2, -0.15) is 0 Å². The fourth-order valence-electron chi connectivity index (χ4n) is 2.34. The molecule has 0 heterocycles. The summed E-state index contributed by atoms with van der Waals surface area (Å²) in [6.45, 7) is 0. The van der Waals surface area contributed by atoms with Crippen LogP contribution in [0.1, 0.15) is 38.5 Å². The Kier molecular flexibility index (Phi) is 3.20. The van der Waals surface area contributed by atoms with E-state index in [0.717, 1.165) is 12.1 Å². The molecule has 72 valence electrons. The largest absolute Gasteiger partial charge is 0.338 e. The molecule has 0 aromatic heterocycles. The molecule has 1 heteroatoms. The van der Waals surface area contributed by atoms with Crippen molar-refractivity contribution in [3.63, 3.8) is 0 Å². The zero-order valence-electron chi connectivity index (χ0n) is 8.28. The van der Waals surface area contributed by atoms with Crippen LogP contribution in [0.5, 0.6) is 0 Å². The maximum absolute atomic E-state index is 2.58. The van der Waals surface area contributed by atoms with Crippen LogP contribution in [0.2, 0.25) is 0 Å². The molecule has 0 saturated heterocycles. The Morgan fingerprint density at radius 2 is 2.00 bits per heavy atom. The SMILES string of the molecule is C1=CC([NH2+]C2CC=CCC2)CCC1. The fraction of sp³-hybridized carbons (Fsp3) is 0.667. The molecular formula is C12H20N+. The highest BCUT2D eigenvalue weighted by molar-refractivity contribution is 4.94. The average molecular weight is 178 g/mol. The lowest BCUT2D eigenvalue weighted by Gasteiger charge is -2.22. The zero-order valence-corrected chi connectivity index (χ0v) is 8.28. The molecule has 0 radical (unpaired) electrons. The molecule has 1 nitrogen and oxygen atoms in total. The van der Waals surface area contributed by atoms with Crippen LogP contribution in [0, 0.1) is 0 Å². The van der Waals surface area contributed by atoms with Gasteiger partial charge in [0, 0.05) is 19.3 Å². The van der Waals surface area contributed by atoms with Crippen LogP contribution in [-0.2, 0) is 0 Å². The van der Waals surface area contributed by atoms with Gasteiger partial charge in [-0.3, -0.25) is 0 Å². The standard InChI is InChI=1S/C12H19N/c1-3-7-11(8-4-1)13-12-9-5-2-6-10-12/h1,3,5,9,11-13H,2,4,6-8,10H2/p+1. The van der Waals surface area contributed by atoms with Crippen molar-refractivity contribution >= 4 is 0 Å². The van der Waals surface area contributed by atoms with Gasteiger partial charge in [0.2, 0.25) is 0 Å². The molecule has 0 saturated carbocycles. The van der Waals surface area contributed by atoms with E-state index in [1.54, 1.807) is 0 Å². The second kappa shape index (κ2) is 4.61. The summed E-state index contributed by atoms with van der Waals surface area (Å²) in [7, 11) is 0. The Bertz CT molecular complexity index is 205. The van der Waals surface area contributed by atoms with Crippen LogP contribution in [-0.4, -0.2) is 12.1 Å². The predicted octanol–water partition coefficient (Wildman–Crippen LogP) is 1.77. The van der Waals surface area contributed by atoms with E-state index in [4.69, 9.17) is 0 Å². The topological polar surface area (TPSA) is 16.6 Å². The molecule has 2 aliphatic carbocycles. The molecule has 0 fully saturated rings. The molecule has 0 amide bonds. The highest BCUT2D eigenvalue weighted by atomic mass is 14.9. The minimum atomic E-state index is 0.783. The van der Waals surface area contributed by atoms with Gasteiger partial charge < -0.3 is 5.32 Å². The lowest BCUT2D eigenvalue weighted by Crippen LogP contribution is -2.94. The van der Waals surface area contributed by atoms with Crippen LogP contribution < -0.4 is 5.32 Å². The summed E-state index contributed by atoms with van der Waals surface area (Å²) in [5.41, 5.74) is 0. The van der Waals surface area contributed by atoms with Crippen LogP contribution >= 0.6 is 0 Å². The molecule has 13 heavy (non-hydrogen) atoms. The minimum absolute atomic E-state index is 0.783. The van der Waals surface area contributed by atoms with Crippen LogP contribution in [0.3, 0.4) is 0 Å². The molecule has 2 rings (SSSR count). The quantitative estimate of drug-likeness (QED) is 0.621. The van der Waals surface area contributed by atoms with Crippen molar-refractivity contribution in [1.29, 1.82) is 0 Å². The molecule has 0 bridgehead atoms. The number of quaternary nitrogens is 1. The summed E-state index contributed by atoms with van der Waals surface area (Å²) in [5.74, 6) is 0. The first-order valence-electron chi connectivity index (χ1n) is 5.62. The summed E-state index contributed by atoms with van der Waals surface area (Å²) in [5, 5.41) is 2.58. The molecule has 0 aromatic carbocycles. The summed E-state index contributed by atoms with van der Waals surface area (Å²) in [4.78, 5) is 0. The molecule has 2 unspecified atom stereocenters. The molecule has 0 aromatic rings. The lowest BCUT2D eigenvalue weighted by atomic mass is 9.97. The lowest BCUT2D eigenvalue weighted by molar-refractivity contribution is -0.713. The number of hydrogen-bond donors (Lipinski definition) is 1. The predicted molar refractivity (Wildman–Crippen MR) is 55.5 cm³/mol. The molecule has 2 atom stereocenters. The van der Waals surface area contributed by atoms with Crippen molar-refractivity contribution in [3.8, 4) is 0 Å². The van der Waals surface area contributed by atoms with E-state index < -0.39 is 0 Å². The van der Waals surface area contributed by atoms with E-state index in [0.29, 0.717) is 0 Å². The average Bonchev–Trinajstić information content (AvgIpc) is 2.21. The number of rotatable bonds is 2. The van der Waals surface area contributed by atoms with Crippen LogP contribution in [0.15, 0.2) is 24.3 Å². The van der Waals surface area contributed by atoms with Gasteiger partial charge in [0.1, 0.15) is 6.04 Å². The monoisotopic (exact) mass is 178 g/mol. The van der Waals surface area contributed by atoms with Crippen molar-refractivity contribution in [2.75, 3.05) is 0 Å². The summed E-state index contributed by atoms with van der Waals surface area (Å²) in [6, 6.07) is 1.64. The Morgan fingerprint density at radius 3 is 2.69 bits per heavy atom. The fourth-order valence-corrected chi connectivity index (χ4v) is 2.34. The van der Waals surface area contributed by atoms with E-state index in [1.165, 1.54) is 38.5 Å². The van der Waals surface area contributed by atoms with Crippen LogP contribution in [0.4, 0.5) is 0 Å². The molecule has 0 spiro atoms. The molecule has 0 aliphatic heterocycles. The van der Waals surface area contributed by atoms with Gasteiger partial charge in [0.15, 0.2) is 0 Å². The Balaban J connectivity index is 1.79. The van der Waals surface area contributed by atoms with E-state index in [9.17, 15) is 0 Å². The Morgan fingerprint density at radius 1 is 1.00 bits per heavy atom. The third-order valence-electron chi connectivity index (χ3n) is 3.12. The van der Waals surface area contributed by atoms with E-state index in [-0.39, 0.29) is 0 Å². The minimum Gasteiger partial charge on any atom is -0.338 e. The van der Waals surface area contributed by atoms with Gasteiger partial charge in [-0.05, 0) is 25.3 Å². The van der Waals surface area contributed by atoms with Crippen molar-refractivity contribution in [3.05, 3.63) is 24.3 Å². The maximum atomic E-state index is 2.58. The summed E-state index contributed by atoms with van der Waals surface area (Å²) in [6.07, 6.45) is 17.4. The number of nitrogens with two attached hydrogens (primary N) is 1. The van der Waals surface area contributed by atoms with Gasteiger partial charge in [-0.15, -0.1) is 0 Å². The van der Waals surface area contributed by atoms with Gasteiger partial charge in [-0.25, -0.2) is 0 Å². The first kappa shape index (κ1) is 9.01. The third-order valence-corrected chi connectivity index (χ3v) is 3.12. The molecule has 2 aliphatic rings. The smallest absolute Gasteiger partial charge is 0.105 e. The highest BCUT2D eigenvalue weighted by Crippen LogP contribution is 2.10. The van der Waals surface area contributed by atoms with Crippen LogP contribution in [0.25, 0.3) is 0 Å². The van der Waals surface area contributed by atoms with Gasteiger partial charge >= 0.3 is 0 Å². The zero-order chi connectivity index (χ0) is 8.93. The van der Waals surface area contributed by atoms with Crippen molar-refractivity contribution in [2.45, 2.75) is 50.6 Å². The normalized spacial score (nSPS) is 33.5. The highest BCUT2D eigenvalue weighted by Gasteiger charge is 2.18. The Labute approximate surface area is 80.9 Å².